The second kappa shape index (κ2) is 24.4. The van der Waals surface area contributed by atoms with Gasteiger partial charge in [0.15, 0.2) is 0 Å². The molecule has 0 N–H and O–H groups in total. The molecule has 3 atom stereocenters. The minimum atomic E-state index is -2.07. The molecule has 2 aliphatic rings. The Morgan fingerprint density at radius 3 is 1.37 bits per heavy atom. The Kier molecular flexibility index (Phi) is 20.7. The molecule has 0 aromatic carbocycles. The summed E-state index contributed by atoms with van der Waals surface area (Å²) in [5.74, 6) is 1.84. The molecule has 6 rings (SSSR count). The van der Waals surface area contributed by atoms with E-state index in [1.807, 2.05) is 46.3 Å². The fourth-order valence-electron chi connectivity index (χ4n) is 10.8. The summed E-state index contributed by atoms with van der Waals surface area (Å²) in [6, 6.07) is 16.5. The molecule has 0 saturated carbocycles. The molecule has 3 unspecified atom stereocenters. The van der Waals surface area contributed by atoms with Gasteiger partial charge >= 0.3 is 214 Å². The second-order valence-corrected chi connectivity index (χ2v) is 47.8. The average molecular weight is 1010 g/mol. The van der Waals surface area contributed by atoms with Crippen LogP contribution in [0.4, 0.5) is 0 Å². The molecule has 0 radical (unpaired) electrons. The normalized spacial score (nSPS) is 17.3. The molecule has 59 heavy (non-hydrogen) atoms. The molecule has 0 saturated heterocycles. The third kappa shape index (κ3) is 12.2. The van der Waals surface area contributed by atoms with Crippen LogP contribution in [-0.2, 0) is 0 Å². The largest absolute Gasteiger partial charge is 0.143 e. The first-order valence-electron chi connectivity index (χ1n) is 25.0. The molecule has 0 spiro atoms. The van der Waals surface area contributed by atoms with Crippen molar-refractivity contribution in [3.8, 4) is 19.5 Å². The summed E-state index contributed by atoms with van der Waals surface area (Å²) in [5.41, 5.74) is 0. The average Bonchev–Trinajstić information content (AvgIpc) is 4.08. The van der Waals surface area contributed by atoms with Crippen LogP contribution in [0.25, 0.3) is 19.5 Å². The first kappa shape index (κ1) is 50.0. The molecule has 4 aromatic heterocycles. The minimum absolute atomic E-state index is 0.919. The zero-order valence-electron chi connectivity index (χ0n) is 39.7. The molecule has 330 valence electrons. The van der Waals surface area contributed by atoms with Crippen molar-refractivity contribution in [2.75, 3.05) is 0 Å². The Balaban J connectivity index is 0.000000227. The fraction of sp³-hybridized carbons (Fsp3) is 0.692. The van der Waals surface area contributed by atoms with Crippen LogP contribution in [0.3, 0.4) is 0 Å². The van der Waals surface area contributed by atoms with Gasteiger partial charge in [0.2, 0.25) is 0 Å². The number of aryl methyl sites for hydroxylation is 1. The van der Waals surface area contributed by atoms with Gasteiger partial charge in [0, 0.05) is 9.75 Å². The molecule has 7 heteroatoms. The van der Waals surface area contributed by atoms with E-state index in [1.165, 1.54) is 153 Å². The van der Waals surface area contributed by atoms with Gasteiger partial charge in [-0.15, -0.1) is 22.7 Å². The van der Waals surface area contributed by atoms with Gasteiger partial charge in [0.25, 0.3) is 0 Å². The van der Waals surface area contributed by atoms with Gasteiger partial charge in [0.1, 0.15) is 8.07 Å². The monoisotopic (exact) mass is 1010 g/mol. The van der Waals surface area contributed by atoms with Crippen LogP contribution < -0.4 is 23.6 Å². The molecule has 2 aliphatic heterocycles. The smallest absolute Gasteiger partial charge is 0.122 e. The summed E-state index contributed by atoms with van der Waals surface area (Å²) in [6.45, 7) is 16.6. The first-order valence-corrected chi connectivity index (χ1v) is 43.2. The number of thiophene rings is 4. The number of rotatable bonds is 27. The molecule has 0 nitrogen and oxygen atoms in total. The summed E-state index contributed by atoms with van der Waals surface area (Å²) in [6.07, 6.45) is 28.2. The van der Waals surface area contributed by atoms with Gasteiger partial charge < -0.3 is 0 Å². The number of hydrogen-bond donors (Lipinski definition) is 0. The van der Waals surface area contributed by atoms with E-state index in [1.54, 1.807) is 24.4 Å². The number of hydrogen-bond acceptors (Lipinski definition) is 4. The maximum absolute atomic E-state index is 2.80. The van der Waals surface area contributed by atoms with Crippen molar-refractivity contribution in [1.29, 1.82) is 0 Å². The Hall–Kier alpha value is 0.0325. The fourth-order valence-corrected chi connectivity index (χ4v) is 35.7. The molecular formula is C52H86S4Si2Sn. The Morgan fingerprint density at radius 2 is 0.915 bits per heavy atom. The van der Waals surface area contributed by atoms with Crippen molar-refractivity contribution in [3.05, 3.63) is 39.9 Å². The zero-order valence-corrected chi connectivity index (χ0v) is 47.8. The predicted molar refractivity (Wildman–Crippen MR) is 286 cm³/mol. The third-order valence-corrected chi connectivity index (χ3v) is 39.6. The number of fused-ring (bicyclic) bond motifs is 6. The van der Waals surface area contributed by atoms with Crippen molar-refractivity contribution < 1.29 is 0 Å². The van der Waals surface area contributed by atoms with E-state index < -0.39 is 34.5 Å². The quantitative estimate of drug-likeness (QED) is 0.0412. The maximum Gasteiger partial charge on any atom is 0.122 e. The van der Waals surface area contributed by atoms with E-state index >= 15 is 0 Å². The van der Waals surface area contributed by atoms with Crippen molar-refractivity contribution in [1.82, 2.24) is 0 Å². The molecule has 0 aliphatic carbocycles. The SMILES string of the molecule is CCCCCCCC[Si]1(CC(CC)CCCC)c2cc(C)sc2-c2s[c]([Sn]([CH3])([CH3])[CH3])cc21.CCCCCCCC[Si]1(CC(CC)CCCC)c2ccsc2-c2sccc21. The van der Waals surface area contributed by atoms with E-state index in [-0.39, 0.29) is 0 Å². The van der Waals surface area contributed by atoms with Crippen LogP contribution in [0.1, 0.15) is 175 Å². The van der Waals surface area contributed by atoms with E-state index in [9.17, 15) is 0 Å². The van der Waals surface area contributed by atoms with Gasteiger partial charge in [-0.1, -0.05) is 97.1 Å². The van der Waals surface area contributed by atoms with Crippen molar-refractivity contribution >= 4 is 104 Å². The van der Waals surface area contributed by atoms with Gasteiger partial charge in [0.05, 0.1) is 0 Å². The van der Waals surface area contributed by atoms with Crippen molar-refractivity contribution in [3.63, 3.8) is 0 Å². The summed E-state index contributed by atoms with van der Waals surface area (Å²) in [5, 5.41) is 12.2. The second-order valence-electron chi connectivity index (χ2n) is 20.0. The van der Waals surface area contributed by atoms with Crippen LogP contribution in [0.5, 0.6) is 0 Å². The van der Waals surface area contributed by atoms with Crippen LogP contribution in [0.15, 0.2) is 35.0 Å². The molecular weight excluding hydrogens is 928 g/mol. The van der Waals surface area contributed by atoms with Crippen LogP contribution in [0.2, 0.25) is 39.0 Å². The molecule has 0 fully saturated rings. The van der Waals surface area contributed by atoms with E-state index in [0.717, 1.165) is 11.8 Å². The van der Waals surface area contributed by atoms with Gasteiger partial charge in [-0.25, -0.2) is 0 Å². The van der Waals surface area contributed by atoms with Gasteiger partial charge in [-0.2, -0.15) is 0 Å². The van der Waals surface area contributed by atoms with E-state index in [0.29, 0.717) is 0 Å². The maximum atomic E-state index is 2.80. The van der Waals surface area contributed by atoms with Gasteiger partial charge in [-0.05, 0) is 39.1 Å². The third-order valence-electron chi connectivity index (χ3n) is 14.4. The Bertz CT molecular complexity index is 1760. The topological polar surface area (TPSA) is 0 Å². The van der Waals surface area contributed by atoms with Crippen LogP contribution >= 0.6 is 45.3 Å². The first-order chi connectivity index (χ1) is 28.5. The van der Waals surface area contributed by atoms with Crippen molar-refractivity contribution in [2.24, 2.45) is 11.8 Å². The van der Waals surface area contributed by atoms with E-state index in [2.05, 4.69) is 121 Å². The molecule has 6 heterocycles. The minimum Gasteiger partial charge on any atom is -0.143 e. The standard InChI is InChI=1S/C25H39S2Si.C24H38S2Si.3CH3.Sn/c1-5-8-10-11-12-13-17-28(19-21(7-3)14-9-6-2)22-15-16-26-24(22)25-23(28)18-20(4)27-25;1-4-7-9-10-11-12-18-27(19-20(6-3)13-8-5-2)21-14-16-25-23(21)24-22(27)15-17-26-24;;;;/h15,18,21H,5-14,17,19H2,1-4H3;14-17,20H,4-13,18-19H2,1-3H3;3*1H3;. The molecule has 0 amide bonds. The Morgan fingerprint density at radius 1 is 0.492 bits per heavy atom. The molecule has 0 bridgehead atoms. The van der Waals surface area contributed by atoms with Crippen molar-refractivity contribution in [2.45, 2.75) is 216 Å². The Labute approximate surface area is 387 Å². The van der Waals surface area contributed by atoms with Crippen LogP contribution in [0, 0.1) is 18.8 Å². The predicted octanol–water partition coefficient (Wildman–Crippen LogP) is 16.7. The van der Waals surface area contributed by atoms with Crippen LogP contribution in [-0.4, -0.2) is 34.5 Å². The summed E-state index contributed by atoms with van der Waals surface area (Å²) in [4.78, 5) is 16.2. The zero-order chi connectivity index (χ0) is 42.5. The molecule has 4 aromatic rings. The number of unbranched alkanes of at least 4 members (excludes halogenated alkanes) is 12. The van der Waals surface area contributed by atoms with E-state index in [4.69, 9.17) is 0 Å². The summed E-state index contributed by atoms with van der Waals surface area (Å²) < 4.78 is 1.82. The van der Waals surface area contributed by atoms with Gasteiger partial charge in [-0.3, -0.25) is 0 Å². The summed E-state index contributed by atoms with van der Waals surface area (Å²) >= 11 is 6.30. The summed E-state index contributed by atoms with van der Waals surface area (Å²) in [7, 11) is -3.21.